The van der Waals surface area contributed by atoms with Gasteiger partial charge >= 0.3 is 0 Å². The van der Waals surface area contributed by atoms with E-state index in [1.54, 1.807) is 12.1 Å². The van der Waals surface area contributed by atoms with E-state index in [2.05, 4.69) is 5.32 Å². The fraction of sp³-hybridized carbons (Fsp3) is 0.176. The molecule has 0 heterocycles. The highest BCUT2D eigenvalue weighted by molar-refractivity contribution is 7.89. The van der Waals surface area contributed by atoms with E-state index in [9.17, 15) is 18.0 Å². The largest absolute Gasteiger partial charge is 0.484 e. The summed E-state index contributed by atoms with van der Waals surface area (Å²) in [6, 6.07) is 12.0. The van der Waals surface area contributed by atoms with Crippen LogP contribution in [0.25, 0.3) is 0 Å². The van der Waals surface area contributed by atoms with Crippen molar-refractivity contribution in [2.45, 2.75) is 4.90 Å². The van der Waals surface area contributed by atoms with Crippen molar-refractivity contribution < 1.29 is 22.7 Å². The van der Waals surface area contributed by atoms with Crippen molar-refractivity contribution in [3.63, 3.8) is 0 Å². The lowest BCUT2D eigenvalue weighted by atomic mass is 10.2. The molecule has 8 nitrogen and oxygen atoms in total. The quantitative estimate of drug-likeness (QED) is 0.748. The zero-order chi connectivity index (χ0) is 19.3. The predicted octanol–water partition coefficient (Wildman–Crippen LogP) is 1.05. The third kappa shape index (κ3) is 4.80. The summed E-state index contributed by atoms with van der Waals surface area (Å²) < 4.78 is 30.3. The van der Waals surface area contributed by atoms with E-state index in [4.69, 9.17) is 10.5 Å². The molecule has 0 spiro atoms. The molecule has 0 saturated carbocycles. The number of carbonyl (C=O) groups is 2. The summed E-state index contributed by atoms with van der Waals surface area (Å²) in [7, 11) is -0.624. The number of carbonyl (C=O) groups excluding carboxylic acids is 2. The van der Waals surface area contributed by atoms with Crippen LogP contribution in [0.1, 0.15) is 10.4 Å². The Bertz CT molecular complexity index is 891. The molecule has 0 bridgehead atoms. The second-order valence-corrected chi connectivity index (χ2v) is 7.70. The molecule has 0 aromatic heterocycles. The molecule has 2 aromatic rings. The Morgan fingerprint density at radius 3 is 2.12 bits per heavy atom. The zero-order valence-electron chi connectivity index (χ0n) is 14.3. The second kappa shape index (κ2) is 7.98. The van der Waals surface area contributed by atoms with Gasteiger partial charge in [-0.1, -0.05) is 0 Å². The molecule has 2 aromatic carbocycles. The average Bonchev–Trinajstić information content (AvgIpc) is 2.60. The number of anilines is 1. The lowest BCUT2D eigenvalue weighted by molar-refractivity contribution is -0.119. The highest BCUT2D eigenvalue weighted by Crippen LogP contribution is 2.18. The number of rotatable bonds is 7. The van der Waals surface area contributed by atoms with Crippen molar-refractivity contribution >= 4 is 27.5 Å². The van der Waals surface area contributed by atoms with Gasteiger partial charge in [-0.3, -0.25) is 9.59 Å². The highest BCUT2D eigenvalue weighted by Gasteiger charge is 2.16. The Kier molecular flexibility index (Phi) is 5.96. The van der Waals surface area contributed by atoms with Crippen molar-refractivity contribution in [3.8, 4) is 5.75 Å². The molecule has 3 N–H and O–H groups in total. The van der Waals surface area contributed by atoms with Gasteiger partial charge in [-0.15, -0.1) is 0 Å². The number of amides is 2. The minimum Gasteiger partial charge on any atom is -0.484 e. The Balaban J connectivity index is 2.04. The Morgan fingerprint density at radius 1 is 1.04 bits per heavy atom. The number of benzene rings is 2. The minimum atomic E-state index is -3.52. The first kappa shape index (κ1) is 19.4. The molecule has 0 radical (unpaired) electrons. The molecule has 0 unspecified atom stereocenters. The van der Waals surface area contributed by atoms with Gasteiger partial charge in [0.2, 0.25) is 10.0 Å². The Morgan fingerprint density at radius 2 is 1.62 bits per heavy atom. The summed E-state index contributed by atoms with van der Waals surface area (Å²) in [5.41, 5.74) is 5.83. The first-order valence-electron chi connectivity index (χ1n) is 7.55. The van der Waals surface area contributed by atoms with E-state index in [0.717, 1.165) is 4.31 Å². The van der Waals surface area contributed by atoms with Crippen LogP contribution >= 0.6 is 0 Å². The maximum atomic E-state index is 12.2. The number of nitrogens with two attached hydrogens (primary N) is 1. The fourth-order valence-electron chi connectivity index (χ4n) is 1.98. The lowest BCUT2D eigenvalue weighted by Gasteiger charge is -2.12. The standard InChI is InChI=1S/C17H19N3O5S/c1-20(2)26(23,24)15-9-5-13(6-10-15)19-17(22)12-3-7-14(8-4-12)25-11-16(18)21/h3-10H,11H2,1-2H3,(H2,18,21)(H,19,22). The number of hydrogen-bond donors (Lipinski definition) is 2. The van der Waals surface area contributed by atoms with Crippen molar-refractivity contribution in [2.24, 2.45) is 5.73 Å². The summed E-state index contributed by atoms with van der Waals surface area (Å²) in [6.45, 7) is -0.242. The third-order valence-corrected chi connectivity index (χ3v) is 5.22. The molecular weight excluding hydrogens is 358 g/mol. The van der Waals surface area contributed by atoms with Crippen LogP contribution in [0.2, 0.25) is 0 Å². The number of primary amides is 1. The summed E-state index contributed by atoms with van der Waals surface area (Å²) in [5.74, 6) is -0.542. The lowest BCUT2D eigenvalue weighted by Crippen LogP contribution is -2.22. The van der Waals surface area contributed by atoms with Crippen LogP contribution in [0.5, 0.6) is 5.75 Å². The summed E-state index contributed by atoms with van der Waals surface area (Å²) in [5, 5.41) is 2.67. The van der Waals surface area contributed by atoms with Crippen LogP contribution in [-0.4, -0.2) is 45.2 Å². The van der Waals surface area contributed by atoms with Gasteiger partial charge in [0.15, 0.2) is 6.61 Å². The fourth-order valence-corrected chi connectivity index (χ4v) is 2.88. The van der Waals surface area contributed by atoms with Gasteiger partial charge in [0.05, 0.1) is 4.90 Å². The first-order chi connectivity index (χ1) is 12.2. The van der Waals surface area contributed by atoms with E-state index >= 15 is 0 Å². The van der Waals surface area contributed by atoms with Gasteiger partial charge in [-0.2, -0.15) is 0 Å². The number of ether oxygens (including phenoxy) is 1. The maximum Gasteiger partial charge on any atom is 0.255 e. The molecule has 0 atom stereocenters. The number of sulfonamides is 1. The molecule has 26 heavy (non-hydrogen) atoms. The molecule has 2 amide bonds. The first-order valence-corrected chi connectivity index (χ1v) is 8.99. The van der Waals surface area contributed by atoms with Crippen molar-refractivity contribution in [1.82, 2.24) is 4.31 Å². The van der Waals surface area contributed by atoms with Crippen LogP contribution in [0.4, 0.5) is 5.69 Å². The van der Waals surface area contributed by atoms with Crippen molar-refractivity contribution in [1.29, 1.82) is 0 Å². The van der Waals surface area contributed by atoms with Gasteiger partial charge in [0, 0.05) is 25.3 Å². The van der Waals surface area contributed by atoms with Crippen LogP contribution in [0, 0.1) is 0 Å². The van der Waals surface area contributed by atoms with Gasteiger partial charge < -0.3 is 15.8 Å². The summed E-state index contributed by atoms with van der Waals surface area (Å²) in [4.78, 5) is 23.0. The Hall–Kier alpha value is -2.91. The minimum absolute atomic E-state index is 0.136. The van der Waals surface area contributed by atoms with Crippen LogP contribution in [0.15, 0.2) is 53.4 Å². The van der Waals surface area contributed by atoms with E-state index in [1.165, 1.54) is 50.5 Å². The summed E-state index contributed by atoms with van der Waals surface area (Å²) in [6.07, 6.45) is 0. The van der Waals surface area contributed by atoms with Crippen molar-refractivity contribution in [2.75, 3.05) is 26.0 Å². The summed E-state index contributed by atoms with van der Waals surface area (Å²) >= 11 is 0. The number of hydrogen-bond acceptors (Lipinski definition) is 5. The van der Waals surface area contributed by atoms with Crippen LogP contribution < -0.4 is 15.8 Å². The van der Waals surface area contributed by atoms with E-state index < -0.39 is 15.9 Å². The molecule has 2 rings (SSSR count). The SMILES string of the molecule is CN(C)S(=O)(=O)c1ccc(NC(=O)c2ccc(OCC(N)=O)cc2)cc1. The maximum absolute atomic E-state index is 12.2. The van der Waals surface area contributed by atoms with Gasteiger partial charge in [0.1, 0.15) is 5.75 Å². The topological polar surface area (TPSA) is 119 Å². The molecule has 0 aliphatic heterocycles. The third-order valence-electron chi connectivity index (χ3n) is 3.39. The number of nitrogens with one attached hydrogen (secondary N) is 1. The van der Waals surface area contributed by atoms with E-state index in [1.807, 2.05) is 0 Å². The van der Waals surface area contributed by atoms with Gasteiger partial charge in [-0.05, 0) is 48.5 Å². The Labute approximate surface area is 151 Å². The monoisotopic (exact) mass is 377 g/mol. The molecule has 0 saturated heterocycles. The molecule has 0 aliphatic carbocycles. The molecular formula is C17H19N3O5S. The molecule has 0 fully saturated rings. The predicted molar refractivity (Wildman–Crippen MR) is 96.4 cm³/mol. The number of nitrogens with zero attached hydrogens (tertiary/aromatic N) is 1. The molecule has 0 aliphatic rings. The smallest absolute Gasteiger partial charge is 0.255 e. The average molecular weight is 377 g/mol. The molecule has 138 valence electrons. The van der Waals surface area contributed by atoms with Crippen LogP contribution in [-0.2, 0) is 14.8 Å². The normalized spacial score (nSPS) is 11.2. The second-order valence-electron chi connectivity index (χ2n) is 5.55. The van der Waals surface area contributed by atoms with E-state index in [0.29, 0.717) is 17.0 Å². The van der Waals surface area contributed by atoms with Gasteiger partial charge in [0.25, 0.3) is 11.8 Å². The highest BCUT2D eigenvalue weighted by atomic mass is 32.2. The van der Waals surface area contributed by atoms with Gasteiger partial charge in [-0.25, -0.2) is 12.7 Å². The molecule has 9 heteroatoms. The zero-order valence-corrected chi connectivity index (χ0v) is 15.1. The van der Waals surface area contributed by atoms with E-state index in [-0.39, 0.29) is 17.4 Å². The van der Waals surface area contributed by atoms with Crippen LogP contribution in [0.3, 0.4) is 0 Å². The van der Waals surface area contributed by atoms with Crippen molar-refractivity contribution in [3.05, 3.63) is 54.1 Å².